The van der Waals surface area contributed by atoms with E-state index in [1.165, 1.54) is 0 Å². The molecule has 0 saturated carbocycles. The average Bonchev–Trinajstić information content (AvgIpc) is 3.19. The summed E-state index contributed by atoms with van der Waals surface area (Å²) in [7, 11) is 0. The van der Waals surface area contributed by atoms with E-state index in [4.69, 9.17) is 0 Å². The highest BCUT2D eigenvalue weighted by atomic mass is 16.2. The van der Waals surface area contributed by atoms with Crippen molar-refractivity contribution in [1.82, 2.24) is 14.9 Å². The molecule has 5 heteroatoms. The topological polar surface area (TPSA) is 66.1 Å². The molecular weight excluding hydrogens is 326 g/mol. The van der Waals surface area contributed by atoms with Crippen molar-refractivity contribution < 1.29 is 4.79 Å². The fourth-order valence-corrected chi connectivity index (χ4v) is 3.52. The Morgan fingerprint density at radius 2 is 1.81 bits per heavy atom. The van der Waals surface area contributed by atoms with Crippen molar-refractivity contribution in [3.05, 3.63) is 88.5 Å². The summed E-state index contributed by atoms with van der Waals surface area (Å²) < 4.78 is 0. The number of benzene rings is 1. The van der Waals surface area contributed by atoms with Gasteiger partial charge in [0.25, 0.3) is 11.5 Å². The van der Waals surface area contributed by atoms with Gasteiger partial charge >= 0.3 is 0 Å². The quantitative estimate of drug-likeness (QED) is 0.791. The Labute approximate surface area is 151 Å². The highest BCUT2D eigenvalue weighted by Crippen LogP contribution is 2.32. The van der Waals surface area contributed by atoms with Gasteiger partial charge in [-0.1, -0.05) is 30.3 Å². The van der Waals surface area contributed by atoms with Crippen molar-refractivity contribution in [3.63, 3.8) is 0 Å². The Hall–Kier alpha value is -3.21. The minimum absolute atomic E-state index is 0.00120. The van der Waals surface area contributed by atoms with E-state index in [1.54, 1.807) is 29.4 Å². The molecule has 1 saturated heterocycles. The van der Waals surface area contributed by atoms with Crippen molar-refractivity contribution in [2.24, 2.45) is 0 Å². The van der Waals surface area contributed by atoms with Crippen LogP contribution in [-0.2, 0) is 0 Å². The lowest BCUT2D eigenvalue weighted by molar-refractivity contribution is 0.0734. The molecule has 0 spiro atoms. The number of hydrogen-bond acceptors (Lipinski definition) is 3. The molecule has 3 aromatic rings. The zero-order chi connectivity index (χ0) is 17.9. The highest BCUT2D eigenvalue weighted by Gasteiger charge is 2.31. The maximum Gasteiger partial charge on any atom is 0.261 e. The van der Waals surface area contributed by atoms with Gasteiger partial charge in [-0.3, -0.25) is 14.6 Å². The summed E-state index contributed by atoms with van der Waals surface area (Å²) >= 11 is 0. The number of likely N-dealkylation sites (tertiary alicyclic amines) is 1. The Kier molecular flexibility index (Phi) is 4.35. The monoisotopic (exact) mass is 345 g/mol. The maximum atomic E-state index is 13.0. The third kappa shape index (κ3) is 3.04. The normalized spacial score (nSPS) is 16.6. The van der Waals surface area contributed by atoms with E-state index in [9.17, 15) is 9.59 Å². The maximum absolute atomic E-state index is 13.0. The molecule has 1 aromatic carbocycles. The van der Waals surface area contributed by atoms with Crippen LogP contribution in [0.5, 0.6) is 0 Å². The van der Waals surface area contributed by atoms with Crippen molar-refractivity contribution in [2.75, 3.05) is 6.54 Å². The van der Waals surface area contributed by atoms with E-state index in [-0.39, 0.29) is 23.1 Å². The third-order valence-corrected chi connectivity index (χ3v) is 4.83. The smallest absolute Gasteiger partial charge is 0.261 e. The molecule has 1 fully saturated rings. The summed E-state index contributed by atoms with van der Waals surface area (Å²) in [6.45, 7) is 0.658. The molecule has 26 heavy (non-hydrogen) atoms. The summed E-state index contributed by atoms with van der Waals surface area (Å²) in [5.74, 6) is -0.217. The first kappa shape index (κ1) is 16.3. The fourth-order valence-electron chi connectivity index (χ4n) is 3.52. The van der Waals surface area contributed by atoms with Crippen LogP contribution in [0.2, 0.25) is 0 Å². The summed E-state index contributed by atoms with van der Waals surface area (Å²) in [5.41, 5.74) is 2.52. The number of aromatic nitrogens is 2. The molecule has 0 aliphatic carbocycles. The molecule has 3 heterocycles. The van der Waals surface area contributed by atoms with Gasteiger partial charge in [-0.25, -0.2) is 0 Å². The number of carbonyl (C=O) groups excluding carboxylic acids is 1. The summed E-state index contributed by atoms with van der Waals surface area (Å²) in [5, 5.41) is 0. The van der Waals surface area contributed by atoms with Crippen molar-refractivity contribution in [1.29, 1.82) is 0 Å². The first-order valence-electron chi connectivity index (χ1n) is 8.73. The number of nitrogens with zero attached hydrogens (tertiary/aromatic N) is 2. The number of nitrogens with one attached hydrogen (secondary N) is 1. The Morgan fingerprint density at radius 1 is 1.04 bits per heavy atom. The van der Waals surface area contributed by atoms with Crippen LogP contribution in [0.1, 0.15) is 34.8 Å². The van der Waals surface area contributed by atoms with Crippen LogP contribution in [0.3, 0.4) is 0 Å². The predicted octanol–water partition coefficient (Wildman–Crippen LogP) is 3.41. The largest absolute Gasteiger partial charge is 0.331 e. The number of carbonyl (C=O) groups is 1. The van der Waals surface area contributed by atoms with Crippen LogP contribution in [-0.4, -0.2) is 27.3 Å². The second-order valence-corrected chi connectivity index (χ2v) is 6.42. The van der Waals surface area contributed by atoms with Gasteiger partial charge in [-0.15, -0.1) is 0 Å². The minimum atomic E-state index is -0.350. The minimum Gasteiger partial charge on any atom is -0.331 e. The fraction of sp³-hybridized carbons (Fsp3) is 0.190. The van der Waals surface area contributed by atoms with Crippen molar-refractivity contribution in [2.45, 2.75) is 18.9 Å². The summed E-state index contributed by atoms with van der Waals surface area (Å²) in [4.78, 5) is 34.2. The van der Waals surface area contributed by atoms with Gasteiger partial charge in [-0.05, 0) is 48.2 Å². The molecule has 1 atom stereocenters. The average molecular weight is 345 g/mol. The van der Waals surface area contributed by atoms with E-state index in [0.717, 1.165) is 24.0 Å². The number of amides is 1. The zero-order valence-corrected chi connectivity index (χ0v) is 14.3. The van der Waals surface area contributed by atoms with Gasteiger partial charge in [0.2, 0.25) is 0 Å². The number of H-pyrrole nitrogens is 1. The molecule has 130 valence electrons. The van der Waals surface area contributed by atoms with Crippen LogP contribution < -0.4 is 5.56 Å². The first-order chi connectivity index (χ1) is 12.7. The number of aromatic amines is 1. The summed E-state index contributed by atoms with van der Waals surface area (Å²) in [6.07, 6.45) is 5.30. The lowest BCUT2D eigenvalue weighted by atomic mass is 10.1. The van der Waals surface area contributed by atoms with Crippen molar-refractivity contribution in [3.8, 4) is 11.3 Å². The Morgan fingerprint density at radius 3 is 2.54 bits per heavy atom. The van der Waals surface area contributed by atoms with Gasteiger partial charge in [0, 0.05) is 24.6 Å². The molecule has 1 N–H and O–H groups in total. The Balaban J connectivity index is 1.63. The molecule has 0 radical (unpaired) electrons. The van der Waals surface area contributed by atoms with Gasteiger partial charge in [0.05, 0.1) is 6.04 Å². The van der Waals surface area contributed by atoms with Gasteiger partial charge in [0.15, 0.2) is 0 Å². The molecule has 1 aliphatic rings. The van der Waals surface area contributed by atoms with E-state index in [2.05, 4.69) is 9.97 Å². The molecule has 0 unspecified atom stereocenters. The van der Waals surface area contributed by atoms with Crippen molar-refractivity contribution >= 4 is 5.91 Å². The second kappa shape index (κ2) is 6.96. The van der Waals surface area contributed by atoms with Crippen LogP contribution in [0.15, 0.2) is 71.8 Å². The van der Waals surface area contributed by atoms with Crippen LogP contribution in [0, 0.1) is 0 Å². The molecule has 4 rings (SSSR count). The van der Waals surface area contributed by atoms with Crippen LogP contribution >= 0.6 is 0 Å². The lowest BCUT2D eigenvalue weighted by Gasteiger charge is -2.24. The Bertz CT molecular complexity index is 967. The molecule has 1 amide bonds. The third-order valence-electron chi connectivity index (χ3n) is 4.83. The molecule has 0 bridgehead atoms. The van der Waals surface area contributed by atoms with E-state index >= 15 is 0 Å². The second-order valence-electron chi connectivity index (χ2n) is 6.42. The number of pyridine rings is 2. The standard InChI is InChI=1S/C21H19N3O2/c25-20-17(8-9-18(23-20)15-5-2-1-3-6-15)21(26)24-14-4-7-19(24)16-10-12-22-13-11-16/h1-3,5-6,8-13,19H,4,7,14H2,(H,23,25)/t19-/m0/s1. The lowest BCUT2D eigenvalue weighted by Crippen LogP contribution is -2.34. The van der Waals surface area contributed by atoms with Gasteiger partial charge < -0.3 is 9.88 Å². The number of rotatable bonds is 3. The van der Waals surface area contributed by atoms with Gasteiger partial charge in [-0.2, -0.15) is 0 Å². The SMILES string of the molecule is O=C(c1ccc(-c2ccccc2)[nH]c1=O)N1CCC[C@H]1c1ccncc1. The van der Waals surface area contributed by atoms with Crippen LogP contribution in [0.4, 0.5) is 0 Å². The molecule has 1 aliphatic heterocycles. The predicted molar refractivity (Wildman–Crippen MR) is 99.7 cm³/mol. The summed E-state index contributed by atoms with van der Waals surface area (Å²) in [6, 6.07) is 16.9. The zero-order valence-electron chi connectivity index (χ0n) is 14.3. The van der Waals surface area contributed by atoms with Crippen LogP contribution in [0.25, 0.3) is 11.3 Å². The molecular formula is C21H19N3O2. The first-order valence-corrected chi connectivity index (χ1v) is 8.73. The van der Waals surface area contributed by atoms with E-state index in [0.29, 0.717) is 12.2 Å². The van der Waals surface area contributed by atoms with Gasteiger partial charge in [0.1, 0.15) is 5.56 Å². The highest BCUT2D eigenvalue weighted by molar-refractivity contribution is 5.94. The van der Waals surface area contributed by atoms with E-state index in [1.807, 2.05) is 42.5 Å². The molecule has 2 aromatic heterocycles. The molecule has 5 nitrogen and oxygen atoms in total. The van der Waals surface area contributed by atoms with E-state index < -0.39 is 0 Å². The number of hydrogen-bond donors (Lipinski definition) is 1.